The number of likely N-dealkylation sites (N-methyl/N-ethyl adjacent to an activating group) is 1. The quantitative estimate of drug-likeness (QED) is 0.284. The van der Waals surface area contributed by atoms with Crippen LogP contribution < -0.4 is 20.1 Å². The molecule has 0 aromatic heterocycles. The topological polar surface area (TPSA) is 150 Å². The van der Waals surface area contributed by atoms with E-state index in [9.17, 15) is 9.59 Å². The number of hydrogen-bond acceptors (Lipinski definition) is 7. The molecule has 2 aromatic rings. The van der Waals surface area contributed by atoms with Gasteiger partial charge in [0.25, 0.3) is 0 Å². The van der Waals surface area contributed by atoms with E-state index in [0.717, 1.165) is 36.3 Å². The molecule has 0 aliphatic rings. The summed E-state index contributed by atoms with van der Waals surface area (Å²) in [6.07, 6.45) is 1.50. The molecule has 2 amide bonds. The number of rotatable bonds is 14. The number of benzene rings is 2. The van der Waals surface area contributed by atoms with Gasteiger partial charge in [0.2, 0.25) is 5.91 Å². The van der Waals surface area contributed by atoms with Crippen LogP contribution in [-0.4, -0.2) is 80.3 Å². The van der Waals surface area contributed by atoms with Crippen molar-refractivity contribution in [1.82, 2.24) is 10.2 Å². The number of aliphatic carboxylic acids is 2. The first-order valence-corrected chi connectivity index (χ1v) is 13.3. The maximum absolute atomic E-state index is 13.3. The lowest BCUT2D eigenvalue weighted by Gasteiger charge is -2.27. The number of carboxylic acids is 2. The Labute approximate surface area is 235 Å². The molecule has 11 heteroatoms. The SMILES string of the molecule is CCCN(CCC)C(=O)C(Cc1ccc(OCC[NH+](C)C)cc1)NC(=O)OCc1ccccc1.O=C([O-])C(=O)O. The Balaban J connectivity index is 0.00000120. The summed E-state index contributed by atoms with van der Waals surface area (Å²) in [5.74, 6) is -3.30. The van der Waals surface area contributed by atoms with E-state index in [0.29, 0.717) is 26.1 Å². The monoisotopic (exact) mass is 559 g/mol. The molecular formula is C29H41N3O8. The zero-order valence-electron chi connectivity index (χ0n) is 23.7. The van der Waals surface area contributed by atoms with E-state index in [4.69, 9.17) is 29.3 Å². The zero-order chi connectivity index (χ0) is 29.9. The molecule has 2 rings (SSSR count). The zero-order valence-corrected chi connectivity index (χ0v) is 23.7. The minimum atomic E-state index is -2.07. The highest BCUT2D eigenvalue weighted by Crippen LogP contribution is 2.15. The number of amides is 2. The number of carbonyl (C=O) groups is 4. The van der Waals surface area contributed by atoms with E-state index in [1.807, 2.05) is 73.3 Å². The van der Waals surface area contributed by atoms with Gasteiger partial charge in [0.15, 0.2) is 5.97 Å². The number of carboxylic acid groups (broad SMARTS) is 2. The van der Waals surface area contributed by atoms with E-state index in [1.165, 1.54) is 4.90 Å². The second kappa shape index (κ2) is 19.0. The molecule has 1 unspecified atom stereocenters. The average molecular weight is 560 g/mol. The molecule has 220 valence electrons. The van der Waals surface area contributed by atoms with Crippen molar-refractivity contribution in [2.75, 3.05) is 40.3 Å². The van der Waals surface area contributed by atoms with Crippen molar-refractivity contribution in [3.8, 4) is 5.75 Å². The molecule has 1 atom stereocenters. The summed E-state index contributed by atoms with van der Waals surface area (Å²) in [5, 5.41) is 19.1. The highest BCUT2D eigenvalue weighted by Gasteiger charge is 2.26. The summed E-state index contributed by atoms with van der Waals surface area (Å²) in [6.45, 7) is 7.11. The van der Waals surface area contributed by atoms with Crippen LogP contribution in [0.5, 0.6) is 5.75 Å². The second-order valence-corrected chi connectivity index (χ2v) is 9.33. The molecule has 3 N–H and O–H groups in total. The van der Waals surface area contributed by atoms with Gasteiger partial charge in [-0.1, -0.05) is 56.3 Å². The summed E-state index contributed by atoms with van der Waals surface area (Å²) in [5.41, 5.74) is 1.84. The van der Waals surface area contributed by atoms with Crippen molar-refractivity contribution in [2.24, 2.45) is 0 Å². The molecule has 0 heterocycles. The van der Waals surface area contributed by atoms with E-state index in [1.54, 1.807) is 0 Å². The number of nitrogens with zero attached hydrogens (tertiary/aromatic N) is 1. The third-order valence-electron chi connectivity index (χ3n) is 5.51. The fourth-order valence-corrected chi connectivity index (χ4v) is 3.53. The van der Waals surface area contributed by atoms with Gasteiger partial charge in [0, 0.05) is 19.5 Å². The van der Waals surface area contributed by atoms with Gasteiger partial charge in [-0.2, -0.15) is 0 Å². The van der Waals surface area contributed by atoms with Crippen LogP contribution in [0.1, 0.15) is 37.8 Å². The van der Waals surface area contributed by atoms with Gasteiger partial charge in [0.05, 0.1) is 14.1 Å². The molecular weight excluding hydrogens is 518 g/mol. The number of quaternary nitrogens is 1. The molecule has 0 radical (unpaired) electrons. The Bertz CT molecular complexity index is 1030. The maximum Gasteiger partial charge on any atom is 0.408 e. The predicted molar refractivity (Wildman–Crippen MR) is 147 cm³/mol. The Kier molecular flexibility index (Phi) is 16.1. The van der Waals surface area contributed by atoms with Crippen molar-refractivity contribution in [3.05, 3.63) is 65.7 Å². The van der Waals surface area contributed by atoms with Gasteiger partial charge in [-0.05, 0) is 36.1 Å². The Morgan fingerprint density at radius 2 is 1.52 bits per heavy atom. The number of alkyl carbamates (subject to hydrolysis) is 1. The molecule has 11 nitrogen and oxygen atoms in total. The lowest BCUT2D eigenvalue weighted by atomic mass is 10.0. The van der Waals surface area contributed by atoms with E-state index < -0.39 is 24.1 Å². The van der Waals surface area contributed by atoms with Crippen LogP contribution in [0.3, 0.4) is 0 Å². The molecule has 40 heavy (non-hydrogen) atoms. The molecule has 0 aliphatic carbocycles. The first kappa shape index (κ1) is 33.9. The van der Waals surface area contributed by atoms with Crippen molar-refractivity contribution >= 4 is 23.9 Å². The molecule has 0 bridgehead atoms. The molecule has 2 aromatic carbocycles. The second-order valence-electron chi connectivity index (χ2n) is 9.33. The van der Waals surface area contributed by atoms with Gasteiger partial charge < -0.3 is 39.6 Å². The summed E-state index contributed by atoms with van der Waals surface area (Å²) >= 11 is 0. The Morgan fingerprint density at radius 3 is 2.02 bits per heavy atom. The van der Waals surface area contributed by atoms with E-state index in [-0.39, 0.29) is 12.5 Å². The van der Waals surface area contributed by atoms with Crippen LogP contribution in [0.15, 0.2) is 54.6 Å². The molecule has 0 spiro atoms. The fraction of sp³-hybridized carbons (Fsp3) is 0.448. The molecule has 0 saturated heterocycles. The van der Waals surface area contributed by atoms with Gasteiger partial charge in [0.1, 0.15) is 31.5 Å². The van der Waals surface area contributed by atoms with Crippen LogP contribution in [0, 0.1) is 0 Å². The van der Waals surface area contributed by atoms with Crippen molar-refractivity contribution in [2.45, 2.75) is 45.8 Å². The van der Waals surface area contributed by atoms with E-state index >= 15 is 0 Å². The highest BCUT2D eigenvalue weighted by molar-refractivity contribution is 6.26. The average Bonchev–Trinajstić information content (AvgIpc) is 2.92. The largest absolute Gasteiger partial charge is 0.539 e. The predicted octanol–water partition coefficient (Wildman–Crippen LogP) is 0.517. The van der Waals surface area contributed by atoms with Crippen molar-refractivity contribution in [3.63, 3.8) is 0 Å². The van der Waals surface area contributed by atoms with Crippen molar-refractivity contribution < 1.29 is 43.8 Å². The number of hydrogen-bond donors (Lipinski definition) is 3. The van der Waals surface area contributed by atoms with Gasteiger partial charge in [-0.15, -0.1) is 0 Å². The van der Waals surface area contributed by atoms with Crippen LogP contribution in [0.25, 0.3) is 0 Å². The first-order valence-electron chi connectivity index (χ1n) is 13.3. The number of nitrogens with one attached hydrogen (secondary N) is 2. The summed E-state index contributed by atoms with van der Waals surface area (Å²) < 4.78 is 11.2. The third kappa shape index (κ3) is 14.1. The standard InChI is InChI=1S/C27H39N3O4.C2H2O4/c1-5-16-30(17-6-2)26(31)25(28-27(32)34-21-23-10-8-7-9-11-23)20-22-12-14-24(15-13-22)33-19-18-29(3)4;3-1(4)2(5)6/h7-15,25H,5-6,16-21H2,1-4H3,(H,28,32);(H,3,4)(H,5,6). The number of carbonyl (C=O) groups excluding carboxylic acids is 3. The van der Waals surface area contributed by atoms with Crippen LogP contribution in [-0.2, 0) is 32.1 Å². The van der Waals surface area contributed by atoms with Gasteiger partial charge in [-0.3, -0.25) is 4.79 Å². The lowest BCUT2D eigenvalue weighted by Crippen LogP contribution is -3.06. The Hall–Kier alpha value is -4.12. The third-order valence-corrected chi connectivity index (χ3v) is 5.51. The molecule has 0 fully saturated rings. The summed E-state index contributed by atoms with van der Waals surface area (Å²) in [4.78, 5) is 47.1. The van der Waals surface area contributed by atoms with Crippen LogP contribution >= 0.6 is 0 Å². The summed E-state index contributed by atoms with van der Waals surface area (Å²) in [7, 11) is 4.17. The van der Waals surface area contributed by atoms with Gasteiger partial charge in [-0.25, -0.2) is 9.59 Å². The molecule has 0 saturated carbocycles. The van der Waals surface area contributed by atoms with Crippen molar-refractivity contribution in [1.29, 1.82) is 0 Å². The Morgan fingerprint density at radius 1 is 0.950 bits per heavy atom. The number of ether oxygens (including phenoxy) is 2. The summed E-state index contributed by atoms with van der Waals surface area (Å²) in [6, 6.07) is 16.5. The fourth-order valence-electron chi connectivity index (χ4n) is 3.53. The minimum absolute atomic E-state index is 0.0883. The van der Waals surface area contributed by atoms with E-state index in [2.05, 4.69) is 19.4 Å². The molecule has 0 aliphatic heterocycles. The first-order chi connectivity index (χ1) is 19.1. The van der Waals surface area contributed by atoms with Gasteiger partial charge >= 0.3 is 12.1 Å². The van der Waals surface area contributed by atoms with Crippen LogP contribution in [0.2, 0.25) is 0 Å². The maximum atomic E-state index is 13.3. The minimum Gasteiger partial charge on any atom is -0.539 e. The smallest absolute Gasteiger partial charge is 0.408 e. The lowest BCUT2D eigenvalue weighted by molar-refractivity contribution is -0.858. The van der Waals surface area contributed by atoms with Crippen LogP contribution in [0.4, 0.5) is 4.79 Å². The normalized spacial score (nSPS) is 11.0. The highest BCUT2D eigenvalue weighted by atomic mass is 16.5.